The van der Waals surface area contributed by atoms with Crippen LogP contribution in [0.2, 0.25) is 5.02 Å². The van der Waals surface area contributed by atoms with Crippen molar-refractivity contribution in [3.63, 3.8) is 0 Å². The summed E-state index contributed by atoms with van der Waals surface area (Å²) in [6.07, 6.45) is 1.38. The topological polar surface area (TPSA) is 110 Å². The number of halogens is 2. The molecule has 0 aliphatic heterocycles. The SMILES string of the molecule is CCOc1cc2ncc(C#N)c(Nc3ccc(OCc4cccc(F)c4)c(Cl)c3)c2cc1[N+](=O)[O-]. The average Bonchev–Trinajstić information content (AvgIpc) is 2.83. The Bertz CT molecular complexity index is 1470. The maximum atomic E-state index is 13.4. The monoisotopic (exact) mass is 492 g/mol. The lowest BCUT2D eigenvalue weighted by molar-refractivity contribution is -0.385. The Morgan fingerprint density at radius 1 is 1.17 bits per heavy atom. The molecule has 0 amide bonds. The number of rotatable bonds is 8. The number of nitro benzene ring substituents is 1. The zero-order chi connectivity index (χ0) is 24.9. The summed E-state index contributed by atoms with van der Waals surface area (Å²) in [5, 5.41) is 25.0. The molecule has 0 spiro atoms. The first-order valence-corrected chi connectivity index (χ1v) is 10.8. The van der Waals surface area contributed by atoms with Crippen LogP contribution in [0.5, 0.6) is 11.5 Å². The van der Waals surface area contributed by atoms with Gasteiger partial charge in [-0.3, -0.25) is 15.1 Å². The van der Waals surface area contributed by atoms with E-state index in [1.165, 1.54) is 30.5 Å². The summed E-state index contributed by atoms with van der Waals surface area (Å²) in [5.74, 6) is 0.123. The Morgan fingerprint density at radius 2 is 2.00 bits per heavy atom. The number of hydrogen-bond donors (Lipinski definition) is 1. The number of benzene rings is 3. The quantitative estimate of drug-likeness (QED) is 0.220. The Hall–Kier alpha value is -4.42. The van der Waals surface area contributed by atoms with Gasteiger partial charge >= 0.3 is 5.69 Å². The van der Waals surface area contributed by atoms with Crippen LogP contribution in [-0.4, -0.2) is 16.5 Å². The minimum absolute atomic E-state index is 0.0935. The van der Waals surface area contributed by atoms with Crippen LogP contribution in [0.4, 0.5) is 21.5 Å². The van der Waals surface area contributed by atoms with Gasteiger partial charge in [0.15, 0.2) is 5.75 Å². The summed E-state index contributed by atoms with van der Waals surface area (Å²) < 4.78 is 24.5. The maximum absolute atomic E-state index is 13.4. The van der Waals surface area contributed by atoms with E-state index in [-0.39, 0.29) is 41.1 Å². The zero-order valence-corrected chi connectivity index (χ0v) is 19.2. The molecule has 3 aromatic carbocycles. The van der Waals surface area contributed by atoms with Crippen LogP contribution in [0.3, 0.4) is 0 Å². The molecule has 10 heteroatoms. The standard InChI is InChI=1S/C25H18ClFN4O4/c1-2-34-24-11-21-19(10-22(24)31(32)33)25(16(12-28)13-29-21)30-18-6-7-23(20(26)9-18)35-14-15-4-3-5-17(27)8-15/h3-11,13H,2,14H2,1H3,(H,29,30). The van der Waals surface area contributed by atoms with Crippen LogP contribution in [0.25, 0.3) is 10.9 Å². The van der Waals surface area contributed by atoms with Gasteiger partial charge in [-0.15, -0.1) is 0 Å². The summed E-state index contributed by atoms with van der Waals surface area (Å²) in [6.45, 7) is 2.10. The predicted molar refractivity (Wildman–Crippen MR) is 130 cm³/mol. The van der Waals surface area contributed by atoms with E-state index in [0.717, 1.165) is 0 Å². The number of nitro groups is 1. The van der Waals surface area contributed by atoms with E-state index in [0.29, 0.717) is 33.6 Å². The van der Waals surface area contributed by atoms with Crippen LogP contribution in [0.15, 0.2) is 60.8 Å². The zero-order valence-electron chi connectivity index (χ0n) is 18.4. The first-order chi connectivity index (χ1) is 16.9. The van der Waals surface area contributed by atoms with Gasteiger partial charge in [0, 0.05) is 29.4 Å². The molecule has 176 valence electrons. The van der Waals surface area contributed by atoms with E-state index in [1.54, 1.807) is 37.3 Å². The van der Waals surface area contributed by atoms with Crippen LogP contribution in [0, 0.1) is 27.3 Å². The normalized spacial score (nSPS) is 10.6. The second-order valence-electron chi connectivity index (χ2n) is 7.37. The smallest absolute Gasteiger partial charge is 0.311 e. The second kappa shape index (κ2) is 10.2. The van der Waals surface area contributed by atoms with E-state index in [1.807, 2.05) is 0 Å². The fourth-order valence-corrected chi connectivity index (χ4v) is 3.70. The van der Waals surface area contributed by atoms with Gasteiger partial charge in [-0.2, -0.15) is 5.26 Å². The van der Waals surface area contributed by atoms with Crippen LogP contribution in [0.1, 0.15) is 18.1 Å². The Labute approximate surface area is 204 Å². The molecule has 0 aliphatic rings. The van der Waals surface area contributed by atoms with Gasteiger partial charge in [-0.1, -0.05) is 23.7 Å². The lowest BCUT2D eigenvalue weighted by atomic mass is 10.1. The highest BCUT2D eigenvalue weighted by atomic mass is 35.5. The molecular formula is C25H18ClFN4O4. The van der Waals surface area contributed by atoms with Gasteiger partial charge in [-0.05, 0) is 42.8 Å². The van der Waals surface area contributed by atoms with Crippen molar-refractivity contribution in [2.75, 3.05) is 11.9 Å². The van der Waals surface area contributed by atoms with Crippen molar-refractivity contribution >= 4 is 39.6 Å². The number of fused-ring (bicyclic) bond motifs is 1. The molecule has 0 radical (unpaired) electrons. The van der Waals surface area contributed by atoms with Crippen LogP contribution >= 0.6 is 11.6 Å². The molecule has 0 saturated carbocycles. The largest absolute Gasteiger partial charge is 0.487 e. The van der Waals surface area contributed by atoms with E-state index in [9.17, 15) is 19.8 Å². The predicted octanol–water partition coefficient (Wildman–Crippen LogP) is 6.53. The Balaban J connectivity index is 1.66. The Kier molecular flexibility index (Phi) is 6.94. The third-order valence-electron chi connectivity index (χ3n) is 5.05. The molecule has 8 nitrogen and oxygen atoms in total. The van der Waals surface area contributed by atoms with Crippen molar-refractivity contribution in [3.05, 3.63) is 92.9 Å². The molecule has 1 heterocycles. The number of nitrogens with zero attached hydrogens (tertiary/aromatic N) is 3. The number of hydrogen-bond acceptors (Lipinski definition) is 7. The number of pyridine rings is 1. The number of nitrogens with one attached hydrogen (secondary N) is 1. The molecular weight excluding hydrogens is 475 g/mol. The van der Waals surface area contributed by atoms with Gasteiger partial charge in [0.05, 0.1) is 33.3 Å². The van der Waals surface area contributed by atoms with Crippen LogP contribution in [-0.2, 0) is 6.61 Å². The summed E-state index contributed by atoms with van der Waals surface area (Å²) in [5.41, 5.74) is 1.89. The highest BCUT2D eigenvalue weighted by Crippen LogP contribution is 2.38. The summed E-state index contributed by atoms with van der Waals surface area (Å²) >= 11 is 6.39. The van der Waals surface area contributed by atoms with Crippen molar-refractivity contribution in [1.82, 2.24) is 4.98 Å². The summed E-state index contributed by atoms with van der Waals surface area (Å²) in [7, 11) is 0. The lowest BCUT2D eigenvalue weighted by Gasteiger charge is -2.14. The van der Waals surface area contributed by atoms with Gasteiger partial charge < -0.3 is 14.8 Å². The molecule has 0 saturated heterocycles. The third kappa shape index (κ3) is 5.23. The minimum Gasteiger partial charge on any atom is -0.487 e. The summed E-state index contributed by atoms with van der Waals surface area (Å²) in [4.78, 5) is 15.3. The average molecular weight is 493 g/mol. The first-order valence-electron chi connectivity index (χ1n) is 10.5. The molecule has 1 N–H and O–H groups in total. The lowest BCUT2D eigenvalue weighted by Crippen LogP contribution is -2.01. The number of aromatic nitrogens is 1. The van der Waals surface area contributed by atoms with E-state index in [4.69, 9.17) is 21.1 Å². The van der Waals surface area contributed by atoms with Crippen molar-refractivity contribution in [3.8, 4) is 17.6 Å². The minimum atomic E-state index is -0.547. The van der Waals surface area contributed by atoms with E-state index < -0.39 is 4.92 Å². The van der Waals surface area contributed by atoms with Gasteiger partial charge in [0.2, 0.25) is 0 Å². The second-order valence-corrected chi connectivity index (χ2v) is 7.78. The fraction of sp³-hybridized carbons (Fsp3) is 0.120. The molecule has 0 bridgehead atoms. The highest BCUT2D eigenvalue weighted by Gasteiger charge is 2.20. The number of ether oxygens (including phenoxy) is 2. The summed E-state index contributed by atoms with van der Waals surface area (Å²) in [6, 6.07) is 15.8. The van der Waals surface area contributed by atoms with Crippen molar-refractivity contribution in [2.45, 2.75) is 13.5 Å². The van der Waals surface area contributed by atoms with Crippen molar-refractivity contribution in [1.29, 1.82) is 5.26 Å². The molecule has 0 unspecified atom stereocenters. The van der Waals surface area contributed by atoms with Crippen molar-refractivity contribution in [2.24, 2.45) is 0 Å². The van der Waals surface area contributed by atoms with Gasteiger partial charge in [0.25, 0.3) is 0 Å². The molecule has 4 rings (SSSR count). The molecule has 0 atom stereocenters. The molecule has 0 aliphatic carbocycles. The number of anilines is 2. The van der Waals surface area contributed by atoms with Crippen LogP contribution < -0.4 is 14.8 Å². The molecule has 0 fully saturated rings. The van der Waals surface area contributed by atoms with Gasteiger partial charge in [0.1, 0.15) is 24.2 Å². The first kappa shape index (κ1) is 23.7. The molecule has 1 aromatic heterocycles. The van der Waals surface area contributed by atoms with E-state index in [2.05, 4.69) is 16.4 Å². The molecule has 35 heavy (non-hydrogen) atoms. The fourth-order valence-electron chi connectivity index (χ4n) is 3.47. The van der Waals surface area contributed by atoms with E-state index >= 15 is 0 Å². The maximum Gasteiger partial charge on any atom is 0.311 e. The third-order valence-corrected chi connectivity index (χ3v) is 5.35. The number of nitriles is 1. The van der Waals surface area contributed by atoms with Gasteiger partial charge in [-0.25, -0.2) is 4.39 Å². The highest BCUT2D eigenvalue weighted by molar-refractivity contribution is 6.32. The molecule has 4 aromatic rings. The Morgan fingerprint density at radius 3 is 2.69 bits per heavy atom. The van der Waals surface area contributed by atoms with Crippen molar-refractivity contribution < 1.29 is 18.8 Å².